The number of piperazine rings is 1. The van der Waals surface area contributed by atoms with Crippen LogP contribution in [0.15, 0.2) is 0 Å². The van der Waals surface area contributed by atoms with Crippen molar-refractivity contribution >= 4 is 5.91 Å². The summed E-state index contributed by atoms with van der Waals surface area (Å²) in [6, 6.07) is 0.576. The maximum absolute atomic E-state index is 11.7. The number of rotatable bonds is 3. The highest BCUT2D eigenvalue weighted by molar-refractivity contribution is 5.82. The summed E-state index contributed by atoms with van der Waals surface area (Å²) < 4.78 is 0. The largest absolute Gasteiger partial charge is 0.353 e. The molecule has 0 aromatic rings. The lowest BCUT2D eigenvalue weighted by Crippen LogP contribution is -2.59. The van der Waals surface area contributed by atoms with Crippen LogP contribution in [0, 0.1) is 5.92 Å². The van der Waals surface area contributed by atoms with Crippen LogP contribution >= 0.6 is 0 Å². The Balaban J connectivity index is 2.74. The Kier molecular flexibility index (Phi) is 3.93. The number of hydrogen-bond donors (Lipinski definition) is 1. The second kappa shape index (κ2) is 4.78. The molecule has 1 amide bonds. The zero-order valence-corrected chi connectivity index (χ0v) is 9.71. The van der Waals surface area contributed by atoms with E-state index < -0.39 is 0 Å². The van der Waals surface area contributed by atoms with Gasteiger partial charge in [-0.3, -0.25) is 9.69 Å². The molecule has 3 nitrogen and oxygen atoms in total. The SMILES string of the molecule is CCC(C)N1CCNC(=O)C1C(C)C. The number of nitrogens with one attached hydrogen (secondary N) is 1. The molecular weight excluding hydrogens is 176 g/mol. The van der Waals surface area contributed by atoms with E-state index >= 15 is 0 Å². The molecule has 1 aliphatic rings. The van der Waals surface area contributed by atoms with Crippen LogP contribution in [-0.4, -0.2) is 36.0 Å². The Labute approximate surface area is 86.9 Å². The van der Waals surface area contributed by atoms with Crippen LogP contribution < -0.4 is 5.32 Å². The van der Waals surface area contributed by atoms with Crippen molar-refractivity contribution in [2.75, 3.05) is 13.1 Å². The maximum atomic E-state index is 11.7. The van der Waals surface area contributed by atoms with E-state index in [9.17, 15) is 4.79 Å². The Hall–Kier alpha value is -0.570. The van der Waals surface area contributed by atoms with Gasteiger partial charge in [-0.15, -0.1) is 0 Å². The molecule has 82 valence electrons. The lowest BCUT2D eigenvalue weighted by Gasteiger charge is -2.40. The predicted molar refractivity (Wildman–Crippen MR) is 58.1 cm³/mol. The summed E-state index contributed by atoms with van der Waals surface area (Å²) in [5, 5.41) is 2.94. The van der Waals surface area contributed by atoms with Gasteiger partial charge in [0.25, 0.3) is 0 Å². The molecule has 2 unspecified atom stereocenters. The first-order valence-corrected chi connectivity index (χ1v) is 5.61. The summed E-state index contributed by atoms with van der Waals surface area (Å²) in [7, 11) is 0. The molecule has 0 aromatic heterocycles. The van der Waals surface area contributed by atoms with Gasteiger partial charge in [0.05, 0.1) is 6.04 Å². The van der Waals surface area contributed by atoms with E-state index in [-0.39, 0.29) is 11.9 Å². The molecule has 0 saturated carbocycles. The molecule has 1 N–H and O–H groups in total. The average molecular weight is 198 g/mol. The van der Waals surface area contributed by atoms with Crippen molar-refractivity contribution in [1.82, 2.24) is 10.2 Å². The minimum absolute atomic E-state index is 0.0682. The predicted octanol–water partition coefficient (Wildman–Crippen LogP) is 1.24. The van der Waals surface area contributed by atoms with Gasteiger partial charge < -0.3 is 5.32 Å². The van der Waals surface area contributed by atoms with Gasteiger partial charge in [0, 0.05) is 19.1 Å². The highest BCUT2D eigenvalue weighted by atomic mass is 16.2. The Morgan fingerprint density at radius 1 is 1.50 bits per heavy atom. The summed E-state index contributed by atoms with van der Waals surface area (Å²) in [5.74, 6) is 0.593. The van der Waals surface area contributed by atoms with Crippen LogP contribution in [-0.2, 0) is 4.79 Å². The van der Waals surface area contributed by atoms with Gasteiger partial charge in [-0.1, -0.05) is 20.8 Å². The molecule has 1 saturated heterocycles. The van der Waals surface area contributed by atoms with Crippen LogP contribution in [0.2, 0.25) is 0 Å². The van der Waals surface area contributed by atoms with Crippen molar-refractivity contribution in [2.24, 2.45) is 5.92 Å². The lowest BCUT2D eigenvalue weighted by molar-refractivity contribution is -0.132. The van der Waals surface area contributed by atoms with Gasteiger partial charge in [-0.05, 0) is 19.3 Å². The fraction of sp³-hybridized carbons (Fsp3) is 0.909. The molecule has 0 bridgehead atoms. The van der Waals surface area contributed by atoms with Crippen molar-refractivity contribution in [1.29, 1.82) is 0 Å². The molecule has 1 rings (SSSR count). The third-order valence-corrected chi connectivity index (χ3v) is 3.08. The second-order valence-corrected chi connectivity index (χ2v) is 4.47. The van der Waals surface area contributed by atoms with Gasteiger partial charge in [0.1, 0.15) is 0 Å². The van der Waals surface area contributed by atoms with E-state index in [4.69, 9.17) is 0 Å². The number of carbonyl (C=O) groups excluding carboxylic acids is 1. The monoisotopic (exact) mass is 198 g/mol. The molecule has 2 atom stereocenters. The van der Waals surface area contributed by atoms with E-state index in [1.165, 1.54) is 0 Å². The standard InChI is InChI=1S/C11H22N2O/c1-5-9(4)13-7-6-12-11(14)10(13)8(2)3/h8-10H,5-7H2,1-4H3,(H,12,14). The van der Waals surface area contributed by atoms with Crippen molar-refractivity contribution in [3.8, 4) is 0 Å². The van der Waals surface area contributed by atoms with E-state index in [0.717, 1.165) is 19.5 Å². The second-order valence-electron chi connectivity index (χ2n) is 4.47. The Morgan fingerprint density at radius 2 is 2.14 bits per heavy atom. The van der Waals surface area contributed by atoms with E-state index in [1.54, 1.807) is 0 Å². The van der Waals surface area contributed by atoms with Crippen LogP contribution in [0.4, 0.5) is 0 Å². The zero-order chi connectivity index (χ0) is 10.7. The molecule has 1 fully saturated rings. The third kappa shape index (κ3) is 2.27. The summed E-state index contributed by atoms with van der Waals surface area (Å²) in [5.41, 5.74) is 0. The number of amides is 1. The fourth-order valence-corrected chi connectivity index (χ4v) is 2.12. The molecule has 0 aromatic carbocycles. The fourth-order valence-electron chi connectivity index (χ4n) is 2.12. The first-order valence-electron chi connectivity index (χ1n) is 5.61. The van der Waals surface area contributed by atoms with Crippen molar-refractivity contribution in [2.45, 2.75) is 46.2 Å². The van der Waals surface area contributed by atoms with Gasteiger partial charge in [-0.25, -0.2) is 0 Å². The molecule has 0 spiro atoms. The molecule has 1 heterocycles. The minimum Gasteiger partial charge on any atom is -0.353 e. The molecule has 1 aliphatic heterocycles. The summed E-state index contributed by atoms with van der Waals surface area (Å²) in [6.45, 7) is 10.4. The molecule has 3 heteroatoms. The minimum atomic E-state index is 0.0682. The topological polar surface area (TPSA) is 32.3 Å². The first kappa shape index (κ1) is 11.5. The summed E-state index contributed by atoms with van der Waals surface area (Å²) in [4.78, 5) is 14.1. The maximum Gasteiger partial charge on any atom is 0.237 e. The first-order chi connectivity index (χ1) is 6.57. The van der Waals surface area contributed by atoms with E-state index in [0.29, 0.717) is 12.0 Å². The van der Waals surface area contributed by atoms with Crippen molar-refractivity contribution < 1.29 is 4.79 Å². The Bertz CT molecular complexity index is 203. The third-order valence-electron chi connectivity index (χ3n) is 3.08. The molecule has 14 heavy (non-hydrogen) atoms. The van der Waals surface area contributed by atoms with Crippen molar-refractivity contribution in [3.05, 3.63) is 0 Å². The van der Waals surface area contributed by atoms with Crippen LogP contribution in [0.3, 0.4) is 0 Å². The molecule has 0 radical (unpaired) electrons. The summed E-state index contributed by atoms with van der Waals surface area (Å²) >= 11 is 0. The van der Waals surface area contributed by atoms with E-state index in [1.807, 2.05) is 0 Å². The highest BCUT2D eigenvalue weighted by Crippen LogP contribution is 2.18. The van der Waals surface area contributed by atoms with Gasteiger partial charge >= 0.3 is 0 Å². The number of hydrogen-bond acceptors (Lipinski definition) is 2. The lowest BCUT2D eigenvalue weighted by atomic mass is 9.97. The van der Waals surface area contributed by atoms with Crippen LogP contribution in [0.1, 0.15) is 34.1 Å². The van der Waals surface area contributed by atoms with Crippen LogP contribution in [0.25, 0.3) is 0 Å². The van der Waals surface area contributed by atoms with E-state index in [2.05, 4.69) is 37.9 Å². The van der Waals surface area contributed by atoms with Crippen molar-refractivity contribution in [3.63, 3.8) is 0 Å². The molecular formula is C11H22N2O. The van der Waals surface area contributed by atoms with Crippen LogP contribution in [0.5, 0.6) is 0 Å². The average Bonchev–Trinajstić information content (AvgIpc) is 2.15. The normalized spacial score (nSPS) is 26.4. The number of nitrogens with zero attached hydrogens (tertiary/aromatic N) is 1. The van der Waals surface area contributed by atoms with Gasteiger partial charge in [-0.2, -0.15) is 0 Å². The van der Waals surface area contributed by atoms with Gasteiger partial charge in [0.2, 0.25) is 5.91 Å². The summed E-state index contributed by atoms with van der Waals surface area (Å²) in [6.07, 6.45) is 1.11. The quantitative estimate of drug-likeness (QED) is 0.740. The smallest absolute Gasteiger partial charge is 0.237 e. The number of carbonyl (C=O) groups is 1. The van der Waals surface area contributed by atoms with Gasteiger partial charge in [0.15, 0.2) is 0 Å². The Morgan fingerprint density at radius 3 is 2.64 bits per heavy atom. The highest BCUT2D eigenvalue weighted by Gasteiger charge is 2.33. The zero-order valence-electron chi connectivity index (χ0n) is 9.71. The molecule has 0 aliphatic carbocycles.